The SMILES string of the molecule is NCc1nc(-c2cc(F)c(OCc3ccccc3)c(Cl)c2)no1. The maximum absolute atomic E-state index is 14.3. The third-order valence-electron chi connectivity index (χ3n) is 3.13. The zero-order valence-corrected chi connectivity index (χ0v) is 12.8. The molecule has 0 aliphatic rings. The average molecular weight is 334 g/mol. The second-order valence-electron chi connectivity index (χ2n) is 4.76. The van der Waals surface area contributed by atoms with E-state index in [1.54, 1.807) is 0 Å². The van der Waals surface area contributed by atoms with Gasteiger partial charge in [0.1, 0.15) is 6.61 Å². The second kappa shape index (κ2) is 6.76. The van der Waals surface area contributed by atoms with Crippen molar-refractivity contribution in [3.8, 4) is 17.1 Å². The van der Waals surface area contributed by atoms with Crippen molar-refractivity contribution in [3.05, 3.63) is 64.8 Å². The lowest BCUT2D eigenvalue weighted by molar-refractivity contribution is 0.290. The van der Waals surface area contributed by atoms with E-state index in [2.05, 4.69) is 10.1 Å². The highest BCUT2D eigenvalue weighted by Gasteiger charge is 2.15. The first-order chi connectivity index (χ1) is 11.2. The quantitative estimate of drug-likeness (QED) is 0.772. The highest BCUT2D eigenvalue weighted by atomic mass is 35.5. The first-order valence-corrected chi connectivity index (χ1v) is 7.24. The highest BCUT2D eigenvalue weighted by molar-refractivity contribution is 6.32. The summed E-state index contributed by atoms with van der Waals surface area (Å²) in [5.41, 5.74) is 6.71. The summed E-state index contributed by atoms with van der Waals surface area (Å²) in [6.07, 6.45) is 0. The van der Waals surface area contributed by atoms with E-state index in [-0.39, 0.29) is 35.6 Å². The molecule has 23 heavy (non-hydrogen) atoms. The number of aromatic nitrogens is 2. The van der Waals surface area contributed by atoms with Gasteiger partial charge < -0.3 is 15.0 Å². The van der Waals surface area contributed by atoms with Crippen LogP contribution < -0.4 is 10.5 Å². The van der Waals surface area contributed by atoms with E-state index in [9.17, 15) is 4.39 Å². The highest BCUT2D eigenvalue weighted by Crippen LogP contribution is 2.33. The summed E-state index contributed by atoms with van der Waals surface area (Å²) in [6, 6.07) is 12.2. The van der Waals surface area contributed by atoms with Crippen molar-refractivity contribution in [2.75, 3.05) is 0 Å². The summed E-state index contributed by atoms with van der Waals surface area (Å²) >= 11 is 6.12. The van der Waals surface area contributed by atoms with Crippen LogP contribution in [-0.4, -0.2) is 10.1 Å². The Bertz CT molecular complexity index is 785. The molecule has 0 aliphatic carbocycles. The number of hydrogen-bond donors (Lipinski definition) is 1. The van der Waals surface area contributed by atoms with Gasteiger partial charge in [-0.2, -0.15) is 4.98 Å². The molecule has 5 nitrogen and oxygen atoms in total. The van der Waals surface area contributed by atoms with Gasteiger partial charge in [-0.3, -0.25) is 0 Å². The van der Waals surface area contributed by atoms with E-state index in [1.165, 1.54) is 12.1 Å². The number of nitrogens with zero attached hydrogens (tertiary/aromatic N) is 2. The van der Waals surface area contributed by atoms with E-state index < -0.39 is 5.82 Å². The predicted octanol–water partition coefficient (Wildman–Crippen LogP) is 3.57. The van der Waals surface area contributed by atoms with Crippen LogP contribution in [0, 0.1) is 5.82 Å². The minimum absolute atomic E-state index is 0.0122. The summed E-state index contributed by atoms with van der Waals surface area (Å²) in [5, 5.41) is 3.86. The number of rotatable bonds is 5. The minimum Gasteiger partial charge on any atom is -0.484 e. The van der Waals surface area contributed by atoms with Crippen molar-refractivity contribution in [3.63, 3.8) is 0 Å². The Morgan fingerprint density at radius 3 is 2.65 bits per heavy atom. The zero-order valence-electron chi connectivity index (χ0n) is 12.0. The fourth-order valence-electron chi connectivity index (χ4n) is 2.01. The molecule has 7 heteroatoms. The van der Waals surface area contributed by atoms with E-state index in [4.69, 9.17) is 26.6 Å². The zero-order chi connectivity index (χ0) is 16.2. The van der Waals surface area contributed by atoms with Crippen LogP contribution >= 0.6 is 11.6 Å². The van der Waals surface area contributed by atoms with Gasteiger partial charge in [0, 0.05) is 5.56 Å². The number of nitrogens with two attached hydrogens (primary N) is 1. The van der Waals surface area contributed by atoms with Crippen LogP contribution in [0.1, 0.15) is 11.5 Å². The fraction of sp³-hybridized carbons (Fsp3) is 0.125. The molecule has 0 unspecified atom stereocenters. The lowest BCUT2D eigenvalue weighted by Crippen LogP contribution is -1.99. The number of benzene rings is 2. The normalized spacial score (nSPS) is 10.7. The van der Waals surface area contributed by atoms with Gasteiger partial charge in [-0.25, -0.2) is 4.39 Å². The number of halogens is 2. The van der Waals surface area contributed by atoms with Gasteiger partial charge in [0.25, 0.3) is 0 Å². The van der Waals surface area contributed by atoms with E-state index in [0.29, 0.717) is 5.56 Å². The van der Waals surface area contributed by atoms with Crippen molar-refractivity contribution in [1.29, 1.82) is 0 Å². The Kier molecular flexibility index (Phi) is 4.55. The molecule has 0 saturated carbocycles. The molecule has 0 bridgehead atoms. The number of hydrogen-bond acceptors (Lipinski definition) is 5. The molecule has 0 spiro atoms. The smallest absolute Gasteiger partial charge is 0.240 e. The molecule has 0 saturated heterocycles. The van der Waals surface area contributed by atoms with Crippen molar-refractivity contribution in [2.45, 2.75) is 13.2 Å². The van der Waals surface area contributed by atoms with Crippen LogP contribution in [-0.2, 0) is 13.2 Å². The molecule has 1 aromatic heterocycles. The van der Waals surface area contributed by atoms with Gasteiger partial charge in [-0.15, -0.1) is 0 Å². The molecule has 0 aliphatic heterocycles. The molecule has 118 valence electrons. The summed E-state index contributed by atoms with van der Waals surface area (Å²) in [6.45, 7) is 0.331. The standard InChI is InChI=1S/C16H13ClFN3O2/c17-12-6-11(16-20-14(8-19)23-21-16)7-13(18)15(12)22-9-10-4-2-1-3-5-10/h1-7H,8-9,19H2. The monoisotopic (exact) mass is 333 g/mol. The van der Waals surface area contributed by atoms with Crippen molar-refractivity contribution >= 4 is 11.6 Å². The minimum atomic E-state index is -0.595. The van der Waals surface area contributed by atoms with Gasteiger partial charge in [-0.05, 0) is 17.7 Å². The lowest BCUT2D eigenvalue weighted by Gasteiger charge is -2.10. The Labute approximate surface area is 136 Å². The van der Waals surface area contributed by atoms with Crippen LogP contribution in [0.3, 0.4) is 0 Å². The fourth-order valence-corrected chi connectivity index (χ4v) is 2.27. The van der Waals surface area contributed by atoms with E-state index in [1.807, 2.05) is 30.3 Å². The Hall–Kier alpha value is -2.44. The second-order valence-corrected chi connectivity index (χ2v) is 5.17. The largest absolute Gasteiger partial charge is 0.484 e. The van der Waals surface area contributed by atoms with Gasteiger partial charge in [0.2, 0.25) is 11.7 Å². The molecule has 0 fully saturated rings. The van der Waals surface area contributed by atoms with Crippen molar-refractivity contribution in [2.24, 2.45) is 5.73 Å². The van der Waals surface area contributed by atoms with Crippen LogP contribution in [0.25, 0.3) is 11.4 Å². The molecular formula is C16H13ClFN3O2. The van der Waals surface area contributed by atoms with Gasteiger partial charge in [0.05, 0.1) is 11.6 Å². The van der Waals surface area contributed by atoms with Gasteiger partial charge in [0.15, 0.2) is 11.6 Å². The Balaban J connectivity index is 1.82. The van der Waals surface area contributed by atoms with Crippen molar-refractivity contribution in [1.82, 2.24) is 10.1 Å². The summed E-state index contributed by atoms with van der Waals surface area (Å²) in [5.74, 6) is -0.119. The first-order valence-electron chi connectivity index (χ1n) is 6.86. The molecule has 3 aromatic rings. The molecule has 3 rings (SSSR count). The average Bonchev–Trinajstić information content (AvgIpc) is 3.04. The third kappa shape index (κ3) is 3.49. The lowest BCUT2D eigenvalue weighted by atomic mass is 10.2. The molecule has 1 heterocycles. The maximum Gasteiger partial charge on any atom is 0.240 e. The summed E-state index contributed by atoms with van der Waals surface area (Å²) in [4.78, 5) is 4.04. The van der Waals surface area contributed by atoms with Crippen molar-refractivity contribution < 1.29 is 13.7 Å². The molecule has 0 amide bonds. The summed E-state index contributed by atoms with van der Waals surface area (Å²) < 4.78 is 24.6. The van der Waals surface area contributed by atoms with Crippen LogP contribution in [0.15, 0.2) is 47.0 Å². The molecular weight excluding hydrogens is 321 g/mol. The van der Waals surface area contributed by atoms with Crippen LogP contribution in [0.2, 0.25) is 5.02 Å². The van der Waals surface area contributed by atoms with E-state index in [0.717, 1.165) is 5.56 Å². The first kappa shape index (κ1) is 15.5. The van der Waals surface area contributed by atoms with Crippen LogP contribution in [0.5, 0.6) is 5.75 Å². The van der Waals surface area contributed by atoms with Crippen LogP contribution in [0.4, 0.5) is 4.39 Å². The third-order valence-corrected chi connectivity index (χ3v) is 3.41. The Morgan fingerprint density at radius 2 is 2.00 bits per heavy atom. The predicted molar refractivity (Wildman–Crippen MR) is 83.4 cm³/mol. The topological polar surface area (TPSA) is 74.2 Å². The molecule has 0 radical (unpaired) electrons. The molecule has 2 aromatic carbocycles. The van der Waals surface area contributed by atoms with Gasteiger partial charge in [-0.1, -0.05) is 47.1 Å². The maximum atomic E-state index is 14.3. The number of ether oxygens (including phenoxy) is 1. The van der Waals surface area contributed by atoms with Gasteiger partial charge >= 0.3 is 0 Å². The summed E-state index contributed by atoms with van der Waals surface area (Å²) in [7, 11) is 0. The molecule has 0 atom stereocenters. The molecule has 2 N–H and O–H groups in total. The van der Waals surface area contributed by atoms with E-state index >= 15 is 0 Å². The Morgan fingerprint density at radius 1 is 1.22 bits per heavy atom.